The number of hydrogen-bond donors (Lipinski definition) is 4. The first-order chi connectivity index (χ1) is 12.1. The van der Waals surface area contributed by atoms with Gasteiger partial charge >= 0.3 is 0 Å². The minimum Gasteiger partial charge on any atom is -0.375 e. The van der Waals surface area contributed by atoms with Crippen LogP contribution < -0.4 is 16.0 Å². The van der Waals surface area contributed by atoms with E-state index in [4.69, 9.17) is 17.0 Å². The SMILES string of the molecule is CN/C(=C\C=N)Nc1ncc(Cl)c(-c2cc3n(c2)CCCNC3=O)n1. The van der Waals surface area contributed by atoms with Crippen molar-refractivity contribution in [3.8, 4) is 11.3 Å². The molecule has 4 N–H and O–H groups in total. The van der Waals surface area contributed by atoms with Crippen molar-refractivity contribution < 1.29 is 4.79 Å². The van der Waals surface area contributed by atoms with Crippen LogP contribution in [0.3, 0.4) is 0 Å². The van der Waals surface area contributed by atoms with E-state index >= 15 is 0 Å². The molecule has 0 unspecified atom stereocenters. The molecule has 0 fully saturated rings. The van der Waals surface area contributed by atoms with E-state index in [1.54, 1.807) is 19.2 Å². The summed E-state index contributed by atoms with van der Waals surface area (Å²) in [6, 6.07) is 1.78. The molecule has 1 aliphatic rings. The van der Waals surface area contributed by atoms with Gasteiger partial charge in [0.05, 0.1) is 16.9 Å². The molecule has 130 valence electrons. The molecule has 1 aliphatic heterocycles. The number of amides is 1. The van der Waals surface area contributed by atoms with Gasteiger partial charge < -0.3 is 25.9 Å². The number of fused-ring (bicyclic) bond motifs is 1. The van der Waals surface area contributed by atoms with Crippen LogP contribution in [0.1, 0.15) is 16.9 Å². The average molecular weight is 360 g/mol. The molecular weight excluding hydrogens is 342 g/mol. The summed E-state index contributed by atoms with van der Waals surface area (Å²) in [7, 11) is 1.72. The fourth-order valence-corrected chi connectivity index (χ4v) is 2.78. The summed E-state index contributed by atoms with van der Waals surface area (Å²) in [5.74, 6) is 0.821. The lowest BCUT2D eigenvalue weighted by Gasteiger charge is -2.09. The molecule has 25 heavy (non-hydrogen) atoms. The molecule has 0 atom stereocenters. The number of rotatable bonds is 5. The Morgan fingerprint density at radius 2 is 2.36 bits per heavy atom. The Kier molecular flexibility index (Phi) is 4.99. The molecule has 3 heterocycles. The lowest BCUT2D eigenvalue weighted by molar-refractivity contribution is 0.0951. The summed E-state index contributed by atoms with van der Waals surface area (Å²) in [6.45, 7) is 1.43. The van der Waals surface area contributed by atoms with E-state index in [9.17, 15) is 4.79 Å². The number of carbonyl (C=O) groups excluding carboxylic acids is 1. The molecule has 2 aromatic rings. The number of hydrogen-bond acceptors (Lipinski definition) is 6. The van der Waals surface area contributed by atoms with Gasteiger partial charge in [-0.25, -0.2) is 9.97 Å². The van der Waals surface area contributed by atoms with Crippen LogP contribution in [0, 0.1) is 5.41 Å². The van der Waals surface area contributed by atoms with Crippen LogP contribution in [-0.2, 0) is 6.54 Å². The van der Waals surface area contributed by atoms with Crippen molar-refractivity contribution in [1.82, 2.24) is 25.2 Å². The second kappa shape index (κ2) is 7.35. The Bertz CT molecular complexity index is 843. The Hall–Kier alpha value is -2.87. The van der Waals surface area contributed by atoms with Crippen molar-refractivity contribution in [1.29, 1.82) is 5.41 Å². The minimum absolute atomic E-state index is 0.0985. The largest absolute Gasteiger partial charge is 0.375 e. The van der Waals surface area contributed by atoms with Crippen LogP contribution in [0.4, 0.5) is 5.95 Å². The van der Waals surface area contributed by atoms with Crippen LogP contribution in [-0.4, -0.2) is 40.2 Å². The van der Waals surface area contributed by atoms with Crippen molar-refractivity contribution in [3.05, 3.63) is 41.1 Å². The summed E-state index contributed by atoms with van der Waals surface area (Å²) in [6.07, 6.45) is 6.95. The Morgan fingerprint density at radius 3 is 3.12 bits per heavy atom. The van der Waals surface area contributed by atoms with E-state index in [1.165, 1.54) is 6.20 Å². The Labute approximate surface area is 149 Å². The van der Waals surface area contributed by atoms with Gasteiger partial charge in [-0.15, -0.1) is 0 Å². The number of aryl methyl sites for hydroxylation is 1. The van der Waals surface area contributed by atoms with Crippen molar-refractivity contribution in [3.63, 3.8) is 0 Å². The van der Waals surface area contributed by atoms with Crippen molar-refractivity contribution in [2.24, 2.45) is 0 Å². The fourth-order valence-electron chi connectivity index (χ4n) is 2.58. The number of nitrogens with zero attached hydrogens (tertiary/aromatic N) is 3. The van der Waals surface area contributed by atoms with Crippen molar-refractivity contribution >= 4 is 29.7 Å². The first-order valence-electron chi connectivity index (χ1n) is 7.79. The van der Waals surface area contributed by atoms with Crippen LogP contribution in [0.25, 0.3) is 11.3 Å². The molecule has 0 bridgehead atoms. The summed E-state index contributed by atoms with van der Waals surface area (Å²) >= 11 is 6.27. The van der Waals surface area contributed by atoms with Crippen molar-refractivity contribution in [2.45, 2.75) is 13.0 Å². The molecule has 0 spiro atoms. The highest BCUT2D eigenvalue weighted by Gasteiger charge is 2.19. The van der Waals surface area contributed by atoms with Gasteiger partial charge in [0.15, 0.2) is 0 Å². The standard InChI is InChI=1S/C16H18ClN7O/c1-19-13(3-4-18)22-16-21-8-11(17)14(23-16)10-7-12-15(25)20-5-2-6-24(12)9-10/h3-4,7-9,18-19H,2,5-6H2,1H3,(H,20,25)(H,21,22,23)/b13-3+,18-4?. The third-order valence-corrected chi connectivity index (χ3v) is 4.05. The number of carbonyl (C=O) groups is 1. The van der Waals surface area contributed by atoms with E-state index in [-0.39, 0.29) is 5.91 Å². The number of halogens is 1. The molecule has 0 saturated heterocycles. The predicted molar refractivity (Wildman–Crippen MR) is 97.0 cm³/mol. The molecule has 0 aromatic carbocycles. The Balaban J connectivity index is 1.96. The lowest BCUT2D eigenvalue weighted by Crippen LogP contribution is -2.22. The van der Waals surface area contributed by atoms with Gasteiger partial charge in [-0.05, 0) is 18.6 Å². The maximum Gasteiger partial charge on any atom is 0.267 e. The second-order valence-corrected chi connectivity index (χ2v) is 5.84. The third kappa shape index (κ3) is 3.63. The molecule has 9 heteroatoms. The number of anilines is 1. The van der Waals surface area contributed by atoms with E-state index in [2.05, 4.69) is 25.9 Å². The van der Waals surface area contributed by atoms with Gasteiger partial charge in [0.2, 0.25) is 5.95 Å². The highest BCUT2D eigenvalue weighted by Crippen LogP contribution is 2.28. The zero-order chi connectivity index (χ0) is 17.8. The van der Waals surface area contributed by atoms with E-state index in [0.29, 0.717) is 34.7 Å². The zero-order valence-corrected chi connectivity index (χ0v) is 14.4. The molecule has 3 rings (SSSR count). The maximum atomic E-state index is 12.1. The van der Waals surface area contributed by atoms with Crippen LogP contribution in [0.5, 0.6) is 0 Å². The van der Waals surface area contributed by atoms with E-state index in [0.717, 1.165) is 24.7 Å². The number of allylic oxidation sites excluding steroid dienone is 1. The van der Waals surface area contributed by atoms with Crippen molar-refractivity contribution in [2.75, 3.05) is 18.9 Å². The third-order valence-electron chi connectivity index (χ3n) is 3.77. The summed E-state index contributed by atoms with van der Waals surface area (Å²) in [5.41, 5.74) is 1.89. The van der Waals surface area contributed by atoms with E-state index < -0.39 is 0 Å². The topological polar surface area (TPSA) is 108 Å². The summed E-state index contributed by atoms with van der Waals surface area (Å²) in [4.78, 5) is 20.7. The molecule has 0 radical (unpaired) electrons. The highest BCUT2D eigenvalue weighted by atomic mass is 35.5. The molecular formula is C16H18ClN7O. The second-order valence-electron chi connectivity index (χ2n) is 5.43. The quantitative estimate of drug-likeness (QED) is 0.609. The minimum atomic E-state index is -0.0985. The van der Waals surface area contributed by atoms with Gasteiger partial charge in [-0.3, -0.25) is 4.79 Å². The monoisotopic (exact) mass is 359 g/mol. The van der Waals surface area contributed by atoms with Gasteiger partial charge in [-0.2, -0.15) is 0 Å². The average Bonchev–Trinajstić information content (AvgIpc) is 2.96. The lowest BCUT2D eigenvalue weighted by atomic mass is 10.2. The maximum absolute atomic E-state index is 12.1. The Morgan fingerprint density at radius 1 is 1.52 bits per heavy atom. The highest BCUT2D eigenvalue weighted by molar-refractivity contribution is 6.32. The van der Waals surface area contributed by atoms with Gasteiger partial charge in [0.25, 0.3) is 5.91 Å². The number of aromatic nitrogens is 3. The smallest absolute Gasteiger partial charge is 0.267 e. The molecule has 2 aromatic heterocycles. The molecule has 8 nitrogen and oxygen atoms in total. The van der Waals surface area contributed by atoms with Gasteiger partial charge in [-0.1, -0.05) is 11.6 Å². The summed E-state index contributed by atoms with van der Waals surface area (Å²) < 4.78 is 1.91. The van der Waals surface area contributed by atoms with E-state index in [1.807, 2.05) is 10.8 Å². The number of nitrogens with one attached hydrogen (secondary N) is 4. The van der Waals surface area contributed by atoms with Crippen LogP contribution in [0.15, 0.2) is 30.4 Å². The zero-order valence-electron chi connectivity index (χ0n) is 13.6. The molecule has 0 saturated carbocycles. The molecule has 0 aliphatic carbocycles. The van der Waals surface area contributed by atoms with Crippen LogP contribution in [0.2, 0.25) is 5.02 Å². The predicted octanol–water partition coefficient (Wildman–Crippen LogP) is 1.85. The van der Waals surface area contributed by atoms with Crippen LogP contribution >= 0.6 is 11.6 Å². The van der Waals surface area contributed by atoms with Gasteiger partial charge in [0.1, 0.15) is 11.5 Å². The first-order valence-corrected chi connectivity index (χ1v) is 8.17. The summed E-state index contributed by atoms with van der Waals surface area (Å²) in [5, 5.41) is 16.3. The molecule has 1 amide bonds. The van der Waals surface area contributed by atoms with Gasteiger partial charge in [0, 0.05) is 38.1 Å². The normalized spacial score (nSPS) is 14.3. The fraction of sp³-hybridized carbons (Fsp3) is 0.250. The first kappa shape index (κ1) is 17.0.